The Kier molecular flexibility index (Phi) is 7.05. The summed E-state index contributed by atoms with van der Waals surface area (Å²) in [5.41, 5.74) is 2.76. The van der Waals surface area contributed by atoms with E-state index in [1.807, 2.05) is 55.1 Å². The molecule has 1 N–H and O–H groups in total. The molecule has 4 rings (SSSR count). The number of amides is 2. The summed E-state index contributed by atoms with van der Waals surface area (Å²) in [5, 5.41) is 5.36. The van der Waals surface area contributed by atoms with Gasteiger partial charge < -0.3 is 19.7 Å². The molecule has 0 saturated carbocycles. The van der Waals surface area contributed by atoms with E-state index in [2.05, 4.69) is 10.3 Å². The summed E-state index contributed by atoms with van der Waals surface area (Å²) in [6.45, 7) is 5.48. The average Bonchev–Trinajstić information content (AvgIpc) is 3.32. The Labute approximate surface area is 197 Å². The minimum atomic E-state index is -0.246. The van der Waals surface area contributed by atoms with Gasteiger partial charge in [-0.3, -0.25) is 9.59 Å². The van der Waals surface area contributed by atoms with Crippen molar-refractivity contribution < 1.29 is 19.1 Å². The fourth-order valence-electron chi connectivity index (χ4n) is 3.89. The molecule has 0 bridgehead atoms. The van der Waals surface area contributed by atoms with E-state index in [4.69, 9.17) is 9.47 Å². The maximum Gasteiger partial charge on any atom is 0.271 e. The van der Waals surface area contributed by atoms with Crippen LogP contribution in [0.15, 0.2) is 53.9 Å². The molecule has 0 aliphatic carbocycles. The second-order valence-corrected chi connectivity index (χ2v) is 8.94. The zero-order valence-corrected chi connectivity index (χ0v) is 19.7. The van der Waals surface area contributed by atoms with Gasteiger partial charge in [0.2, 0.25) is 0 Å². The van der Waals surface area contributed by atoms with Crippen LogP contribution in [-0.4, -0.2) is 54.1 Å². The highest BCUT2D eigenvalue weighted by Gasteiger charge is 2.26. The average molecular weight is 466 g/mol. The van der Waals surface area contributed by atoms with Crippen molar-refractivity contribution in [1.82, 2.24) is 15.2 Å². The molecule has 0 spiro atoms. The van der Waals surface area contributed by atoms with Crippen molar-refractivity contribution in [3.8, 4) is 16.3 Å². The smallest absolute Gasteiger partial charge is 0.271 e. The van der Waals surface area contributed by atoms with Crippen LogP contribution in [0.1, 0.15) is 40.3 Å². The van der Waals surface area contributed by atoms with E-state index in [9.17, 15) is 9.59 Å². The van der Waals surface area contributed by atoms with Gasteiger partial charge in [-0.2, -0.15) is 0 Å². The Hall–Kier alpha value is -3.23. The minimum Gasteiger partial charge on any atom is -0.496 e. The summed E-state index contributed by atoms with van der Waals surface area (Å²) in [5.74, 6) is 0.470. The predicted octanol–water partition coefficient (Wildman–Crippen LogP) is 4.00. The number of nitrogens with zero attached hydrogens (tertiary/aromatic N) is 2. The molecule has 2 amide bonds. The lowest BCUT2D eigenvalue weighted by molar-refractivity contribution is -0.0586. The van der Waals surface area contributed by atoms with Crippen LogP contribution in [0, 0.1) is 0 Å². The number of aromatic nitrogens is 1. The minimum absolute atomic E-state index is 0.000992. The Morgan fingerprint density at radius 2 is 1.82 bits per heavy atom. The Bertz CT molecular complexity index is 1120. The number of benzene rings is 2. The van der Waals surface area contributed by atoms with Crippen molar-refractivity contribution in [3.05, 3.63) is 70.7 Å². The third kappa shape index (κ3) is 5.40. The fourth-order valence-corrected chi connectivity index (χ4v) is 4.72. The summed E-state index contributed by atoms with van der Waals surface area (Å²) in [4.78, 5) is 31.7. The molecule has 3 aromatic rings. The molecule has 2 heterocycles. The number of para-hydroxylation sites is 1. The number of morpholine rings is 1. The summed E-state index contributed by atoms with van der Waals surface area (Å²) in [7, 11) is 1.61. The number of thiazole rings is 1. The lowest BCUT2D eigenvalue weighted by Gasteiger charge is -2.35. The number of carbonyl (C=O) groups excluding carboxylic acids is 2. The molecule has 2 atom stereocenters. The van der Waals surface area contributed by atoms with Gasteiger partial charge >= 0.3 is 0 Å². The highest BCUT2D eigenvalue weighted by molar-refractivity contribution is 7.13. The van der Waals surface area contributed by atoms with Crippen LogP contribution in [0.4, 0.5) is 0 Å². The third-order valence-corrected chi connectivity index (χ3v) is 6.31. The van der Waals surface area contributed by atoms with E-state index >= 15 is 0 Å². The van der Waals surface area contributed by atoms with Crippen LogP contribution in [0.5, 0.6) is 5.75 Å². The summed E-state index contributed by atoms with van der Waals surface area (Å²) >= 11 is 1.40. The molecule has 8 heteroatoms. The number of hydrogen-bond acceptors (Lipinski definition) is 6. The van der Waals surface area contributed by atoms with Crippen molar-refractivity contribution in [2.24, 2.45) is 0 Å². The van der Waals surface area contributed by atoms with Crippen LogP contribution in [-0.2, 0) is 11.3 Å². The van der Waals surface area contributed by atoms with E-state index in [0.717, 1.165) is 21.9 Å². The van der Waals surface area contributed by atoms with Crippen molar-refractivity contribution in [1.29, 1.82) is 0 Å². The molecule has 0 radical (unpaired) electrons. The molecule has 33 heavy (non-hydrogen) atoms. The number of rotatable bonds is 6. The first-order valence-electron chi connectivity index (χ1n) is 10.9. The number of methoxy groups -OCH3 is 1. The van der Waals surface area contributed by atoms with E-state index < -0.39 is 0 Å². The monoisotopic (exact) mass is 465 g/mol. The molecule has 2 unspecified atom stereocenters. The normalized spacial score (nSPS) is 18.1. The van der Waals surface area contributed by atoms with E-state index in [0.29, 0.717) is 30.9 Å². The summed E-state index contributed by atoms with van der Waals surface area (Å²) in [6, 6.07) is 14.9. The fraction of sp³-hybridized carbons (Fsp3) is 0.320. The van der Waals surface area contributed by atoms with Gasteiger partial charge in [0.1, 0.15) is 16.5 Å². The van der Waals surface area contributed by atoms with Gasteiger partial charge in [0, 0.05) is 30.6 Å². The summed E-state index contributed by atoms with van der Waals surface area (Å²) < 4.78 is 11.1. The lowest BCUT2D eigenvalue weighted by Crippen LogP contribution is -2.48. The zero-order chi connectivity index (χ0) is 23.4. The maximum atomic E-state index is 12.8. The van der Waals surface area contributed by atoms with Crippen molar-refractivity contribution in [3.63, 3.8) is 0 Å². The first-order valence-corrected chi connectivity index (χ1v) is 11.7. The van der Waals surface area contributed by atoms with Gasteiger partial charge in [-0.15, -0.1) is 11.3 Å². The number of hydrogen-bond donors (Lipinski definition) is 1. The van der Waals surface area contributed by atoms with Crippen LogP contribution in [0.3, 0.4) is 0 Å². The van der Waals surface area contributed by atoms with Gasteiger partial charge in [0.15, 0.2) is 0 Å². The number of ether oxygens (including phenoxy) is 2. The Morgan fingerprint density at radius 1 is 1.12 bits per heavy atom. The molecule has 2 aromatic carbocycles. The molecule has 1 aromatic heterocycles. The molecule has 1 aliphatic rings. The Morgan fingerprint density at radius 3 is 2.52 bits per heavy atom. The van der Waals surface area contributed by atoms with Gasteiger partial charge in [-0.05, 0) is 43.7 Å². The molecule has 172 valence electrons. The van der Waals surface area contributed by atoms with Crippen molar-refractivity contribution in [2.75, 3.05) is 20.2 Å². The van der Waals surface area contributed by atoms with Gasteiger partial charge in [0.05, 0.1) is 24.9 Å². The van der Waals surface area contributed by atoms with Crippen molar-refractivity contribution in [2.45, 2.75) is 32.6 Å². The number of carbonyl (C=O) groups is 2. The highest BCUT2D eigenvalue weighted by atomic mass is 32.1. The first-order chi connectivity index (χ1) is 15.9. The highest BCUT2D eigenvalue weighted by Crippen LogP contribution is 2.31. The molecule has 1 fully saturated rings. The van der Waals surface area contributed by atoms with Gasteiger partial charge in [0.25, 0.3) is 11.8 Å². The summed E-state index contributed by atoms with van der Waals surface area (Å²) in [6.07, 6.45) is 0.0581. The van der Waals surface area contributed by atoms with E-state index in [-0.39, 0.29) is 24.0 Å². The molecule has 1 saturated heterocycles. The van der Waals surface area contributed by atoms with Crippen LogP contribution >= 0.6 is 11.3 Å². The predicted molar refractivity (Wildman–Crippen MR) is 128 cm³/mol. The lowest BCUT2D eigenvalue weighted by atomic mass is 10.1. The quantitative estimate of drug-likeness (QED) is 0.595. The van der Waals surface area contributed by atoms with E-state index in [1.54, 1.807) is 24.6 Å². The van der Waals surface area contributed by atoms with Crippen LogP contribution in [0.2, 0.25) is 0 Å². The molecular formula is C25H27N3O4S. The SMILES string of the molecule is COc1ccccc1-c1nc(C(=O)NCc2ccc(C(=O)N3CC(C)OC(C)C3)cc2)cs1. The van der Waals surface area contributed by atoms with E-state index in [1.165, 1.54) is 11.3 Å². The van der Waals surface area contributed by atoms with Crippen molar-refractivity contribution >= 4 is 23.2 Å². The third-order valence-electron chi connectivity index (χ3n) is 5.43. The molecule has 7 nitrogen and oxygen atoms in total. The van der Waals surface area contributed by atoms with Crippen LogP contribution in [0.25, 0.3) is 10.6 Å². The maximum absolute atomic E-state index is 12.8. The number of nitrogens with one attached hydrogen (secondary N) is 1. The topological polar surface area (TPSA) is 80.8 Å². The van der Waals surface area contributed by atoms with Crippen LogP contribution < -0.4 is 10.1 Å². The largest absolute Gasteiger partial charge is 0.496 e. The molecular weight excluding hydrogens is 438 g/mol. The second kappa shape index (κ2) is 10.1. The Balaban J connectivity index is 1.35. The van der Waals surface area contributed by atoms with Gasteiger partial charge in [-0.1, -0.05) is 24.3 Å². The zero-order valence-electron chi connectivity index (χ0n) is 18.9. The standard InChI is InChI=1S/C25H27N3O4S/c1-16-13-28(14-17(2)32-16)25(30)19-10-8-18(9-11-19)12-26-23(29)21-15-33-24(27-21)20-6-4-5-7-22(20)31-3/h4-11,15-17H,12-14H2,1-3H3,(H,26,29). The second-order valence-electron chi connectivity index (χ2n) is 8.09. The molecule has 1 aliphatic heterocycles. The van der Waals surface area contributed by atoms with Gasteiger partial charge in [-0.25, -0.2) is 4.98 Å². The first kappa shape index (κ1) is 22.9.